The Hall–Kier alpha value is -1.57. The predicted octanol–water partition coefficient (Wildman–Crippen LogP) is 3.19. The smallest absolute Gasteiger partial charge is 0.244 e. The van der Waals surface area contributed by atoms with Gasteiger partial charge in [-0.1, -0.05) is 34.1 Å². The van der Waals surface area contributed by atoms with Crippen LogP contribution in [0.3, 0.4) is 0 Å². The lowest BCUT2D eigenvalue weighted by Gasteiger charge is -2.19. The lowest BCUT2D eigenvalue weighted by molar-refractivity contribution is 0.402. The lowest BCUT2D eigenvalue weighted by atomic mass is 10.2. The van der Waals surface area contributed by atoms with E-state index in [1.165, 1.54) is 18.4 Å². The van der Waals surface area contributed by atoms with E-state index in [1.54, 1.807) is 18.2 Å². The third kappa shape index (κ3) is 4.16. The number of para-hydroxylation sites is 1. The van der Waals surface area contributed by atoms with E-state index in [2.05, 4.69) is 43.8 Å². The van der Waals surface area contributed by atoms with E-state index in [-0.39, 0.29) is 4.90 Å². The predicted molar refractivity (Wildman–Crippen MR) is 103 cm³/mol. The number of rotatable bonds is 7. The molecule has 1 aliphatic rings. The van der Waals surface area contributed by atoms with E-state index in [0.29, 0.717) is 16.8 Å². The molecule has 1 heterocycles. The molecular weight excluding hydrogens is 404 g/mol. The van der Waals surface area contributed by atoms with Crippen LogP contribution in [0.5, 0.6) is 5.75 Å². The van der Waals surface area contributed by atoms with Crippen molar-refractivity contribution in [2.45, 2.75) is 17.7 Å². The Morgan fingerprint density at radius 1 is 1.24 bits per heavy atom. The zero-order valence-electron chi connectivity index (χ0n) is 14.0. The Labute approximate surface area is 157 Å². The molecule has 0 spiro atoms. The van der Waals surface area contributed by atoms with Gasteiger partial charge in [0.25, 0.3) is 0 Å². The standard InChI is InChI=1S/C18H21BrN2O3S/c1-24-17-8-7-15(19)13-18(17)25(22,23)20-10-4-11-21-12-9-14-5-2-3-6-16(14)21/h2-3,5-8,13,20H,4,9-12H2,1H3. The van der Waals surface area contributed by atoms with Gasteiger partial charge in [-0.2, -0.15) is 0 Å². The minimum Gasteiger partial charge on any atom is -0.495 e. The van der Waals surface area contributed by atoms with Gasteiger partial charge < -0.3 is 9.64 Å². The van der Waals surface area contributed by atoms with Crippen molar-refractivity contribution in [1.29, 1.82) is 0 Å². The number of hydrogen-bond donors (Lipinski definition) is 1. The summed E-state index contributed by atoms with van der Waals surface area (Å²) in [5.74, 6) is 0.337. The van der Waals surface area contributed by atoms with Crippen molar-refractivity contribution in [1.82, 2.24) is 4.72 Å². The molecule has 0 atom stereocenters. The summed E-state index contributed by atoms with van der Waals surface area (Å²) in [5, 5.41) is 0. The number of hydrogen-bond acceptors (Lipinski definition) is 4. The molecule has 7 heteroatoms. The van der Waals surface area contributed by atoms with Gasteiger partial charge >= 0.3 is 0 Å². The van der Waals surface area contributed by atoms with E-state index >= 15 is 0 Å². The molecule has 3 rings (SSSR count). The zero-order chi connectivity index (χ0) is 17.9. The number of ether oxygens (including phenoxy) is 1. The Balaban J connectivity index is 1.58. The normalized spacial score (nSPS) is 13.8. The van der Waals surface area contributed by atoms with Crippen LogP contribution in [0, 0.1) is 0 Å². The number of halogens is 1. The van der Waals surface area contributed by atoms with Crippen molar-refractivity contribution < 1.29 is 13.2 Å². The molecule has 0 amide bonds. The summed E-state index contributed by atoms with van der Waals surface area (Å²) in [5.41, 5.74) is 2.63. The number of anilines is 1. The maximum Gasteiger partial charge on any atom is 0.244 e. The van der Waals surface area contributed by atoms with Gasteiger partial charge in [0.2, 0.25) is 10.0 Å². The second kappa shape index (κ2) is 7.76. The molecule has 0 aromatic heterocycles. The molecule has 25 heavy (non-hydrogen) atoms. The summed E-state index contributed by atoms with van der Waals surface area (Å²) in [7, 11) is -2.14. The van der Waals surface area contributed by atoms with Crippen molar-refractivity contribution in [2.75, 3.05) is 31.6 Å². The van der Waals surface area contributed by atoms with Gasteiger partial charge in [0.1, 0.15) is 10.6 Å². The van der Waals surface area contributed by atoms with Gasteiger partial charge in [0.15, 0.2) is 0 Å². The minimum absolute atomic E-state index is 0.149. The highest BCUT2D eigenvalue weighted by Gasteiger charge is 2.21. The molecule has 5 nitrogen and oxygen atoms in total. The minimum atomic E-state index is -3.61. The summed E-state index contributed by atoms with van der Waals surface area (Å²) in [6.07, 6.45) is 1.79. The lowest BCUT2D eigenvalue weighted by Crippen LogP contribution is -2.29. The van der Waals surface area contributed by atoms with E-state index in [1.807, 2.05) is 6.07 Å². The Morgan fingerprint density at radius 3 is 2.84 bits per heavy atom. The molecule has 2 aromatic rings. The molecule has 0 bridgehead atoms. The average Bonchev–Trinajstić information content (AvgIpc) is 3.02. The van der Waals surface area contributed by atoms with Crippen LogP contribution in [0.1, 0.15) is 12.0 Å². The van der Waals surface area contributed by atoms with Gasteiger partial charge in [0.05, 0.1) is 7.11 Å². The van der Waals surface area contributed by atoms with Crippen molar-refractivity contribution in [2.24, 2.45) is 0 Å². The van der Waals surface area contributed by atoms with Gasteiger partial charge in [-0.3, -0.25) is 0 Å². The fraction of sp³-hybridized carbons (Fsp3) is 0.333. The van der Waals surface area contributed by atoms with E-state index in [9.17, 15) is 8.42 Å². The molecule has 0 saturated heterocycles. The maximum atomic E-state index is 12.5. The van der Waals surface area contributed by atoms with Crippen LogP contribution in [-0.2, 0) is 16.4 Å². The summed E-state index contributed by atoms with van der Waals surface area (Å²) < 4.78 is 33.6. The first-order chi connectivity index (χ1) is 12.0. The molecule has 1 N–H and O–H groups in total. The van der Waals surface area contributed by atoms with E-state index in [4.69, 9.17) is 4.74 Å². The van der Waals surface area contributed by atoms with Crippen LogP contribution in [0.2, 0.25) is 0 Å². The molecule has 0 unspecified atom stereocenters. The van der Waals surface area contributed by atoms with Crippen molar-refractivity contribution in [3.63, 3.8) is 0 Å². The summed E-state index contributed by atoms with van der Waals surface area (Å²) in [4.78, 5) is 2.46. The van der Waals surface area contributed by atoms with Crippen LogP contribution >= 0.6 is 15.9 Å². The molecule has 0 fully saturated rings. The van der Waals surface area contributed by atoms with Crippen LogP contribution in [0.15, 0.2) is 51.8 Å². The van der Waals surface area contributed by atoms with E-state index in [0.717, 1.165) is 25.9 Å². The molecule has 1 aliphatic heterocycles. The van der Waals surface area contributed by atoms with Crippen molar-refractivity contribution in [3.05, 3.63) is 52.5 Å². The Bertz CT molecular complexity index is 855. The van der Waals surface area contributed by atoms with Gasteiger partial charge in [-0.05, 0) is 42.7 Å². The quantitative estimate of drug-likeness (QED) is 0.693. The number of methoxy groups -OCH3 is 1. The molecule has 0 aliphatic carbocycles. The second-order valence-corrected chi connectivity index (χ2v) is 8.56. The molecule has 2 aromatic carbocycles. The topological polar surface area (TPSA) is 58.6 Å². The third-order valence-corrected chi connectivity index (χ3v) is 6.27. The zero-order valence-corrected chi connectivity index (χ0v) is 16.4. The van der Waals surface area contributed by atoms with Gasteiger partial charge in [-0.25, -0.2) is 13.1 Å². The average molecular weight is 425 g/mol. The molecular formula is C18H21BrN2O3S. The number of benzene rings is 2. The van der Waals surface area contributed by atoms with Crippen LogP contribution in [0.25, 0.3) is 0 Å². The monoisotopic (exact) mass is 424 g/mol. The fourth-order valence-corrected chi connectivity index (χ4v) is 4.83. The highest BCUT2D eigenvalue weighted by Crippen LogP contribution is 2.28. The first-order valence-electron chi connectivity index (χ1n) is 8.17. The summed E-state index contributed by atoms with van der Waals surface area (Å²) >= 11 is 3.31. The highest BCUT2D eigenvalue weighted by molar-refractivity contribution is 9.10. The van der Waals surface area contributed by atoms with Crippen LogP contribution in [-0.4, -0.2) is 35.2 Å². The maximum absolute atomic E-state index is 12.5. The molecule has 0 saturated carbocycles. The number of sulfonamides is 1. The number of nitrogens with zero attached hydrogens (tertiary/aromatic N) is 1. The summed E-state index contributed by atoms with van der Waals surface area (Å²) in [6, 6.07) is 13.3. The first kappa shape index (κ1) is 18.2. The number of fused-ring (bicyclic) bond motifs is 1. The largest absolute Gasteiger partial charge is 0.495 e. The van der Waals surface area contributed by atoms with Crippen molar-refractivity contribution in [3.8, 4) is 5.75 Å². The third-order valence-electron chi connectivity index (χ3n) is 4.30. The SMILES string of the molecule is COc1ccc(Br)cc1S(=O)(=O)NCCCN1CCc2ccccc21. The molecule has 0 radical (unpaired) electrons. The van der Waals surface area contributed by atoms with Crippen molar-refractivity contribution >= 4 is 31.6 Å². The van der Waals surface area contributed by atoms with Gasteiger partial charge in [0, 0.05) is 29.8 Å². The van der Waals surface area contributed by atoms with E-state index < -0.39 is 10.0 Å². The second-order valence-electron chi connectivity index (χ2n) is 5.91. The Kier molecular flexibility index (Phi) is 5.66. The molecule has 134 valence electrons. The Morgan fingerprint density at radius 2 is 2.04 bits per heavy atom. The van der Waals surface area contributed by atoms with Gasteiger partial charge in [-0.15, -0.1) is 0 Å². The fourth-order valence-electron chi connectivity index (χ4n) is 3.05. The van der Waals surface area contributed by atoms with Crippen LogP contribution < -0.4 is 14.4 Å². The summed E-state index contributed by atoms with van der Waals surface area (Å²) in [6.45, 7) is 2.21. The highest BCUT2D eigenvalue weighted by atomic mass is 79.9. The first-order valence-corrected chi connectivity index (χ1v) is 10.4. The number of nitrogens with one attached hydrogen (secondary N) is 1. The van der Waals surface area contributed by atoms with Crippen LogP contribution in [0.4, 0.5) is 5.69 Å².